The zero-order valence-corrected chi connectivity index (χ0v) is 14.5. The van der Waals surface area contributed by atoms with Crippen LogP contribution in [-0.4, -0.2) is 32.6 Å². The molecule has 0 radical (unpaired) electrons. The van der Waals surface area contributed by atoms with Gasteiger partial charge in [-0.3, -0.25) is 9.59 Å². The maximum Gasteiger partial charge on any atom is 0.325 e. The second-order valence-electron chi connectivity index (χ2n) is 5.40. The Labute approximate surface area is 146 Å². The van der Waals surface area contributed by atoms with Gasteiger partial charge in [0.2, 0.25) is 0 Å². The predicted molar refractivity (Wildman–Crippen MR) is 92.9 cm³/mol. The zero-order chi connectivity index (χ0) is 18.2. The molecule has 1 N–H and O–H groups in total. The monoisotopic (exact) mass is 343 g/mol. The summed E-state index contributed by atoms with van der Waals surface area (Å²) in [6, 6.07) is 12.5. The highest BCUT2D eigenvalue weighted by Gasteiger charge is 2.12. The summed E-state index contributed by atoms with van der Waals surface area (Å²) in [6.07, 6.45) is 0. The summed E-state index contributed by atoms with van der Waals surface area (Å²) in [5.41, 5.74) is 2.36. The number of benzene rings is 2. The Morgan fingerprint density at radius 1 is 1.00 bits per heavy atom. The van der Waals surface area contributed by atoms with Gasteiger partial charge in [0.25, 0.3) is 5.91 Å². The van der Waals surface area contributed by atoms with Crippen LogP contribution in [0.2, 0.25) is 0 Å². The minimum atomic E-state index is -0.504. The predicted octanol–water partition coefficient (Wildman–Crippen LogP) is 2.49. The Bertz CT molecular complexity index is 757. The fourth-order valence-corrected chi connectivity index (χ4v) is 2.25. The van der Waals surface area contributed by atoms with Crippen molar-refractivity contribution >= 4 is 11.9 Å². The van der Waals surface area contributed by atoms with Crippen molar-refractivity contribution < 1.29 is 23.8 Å². The van der Waals surface area contributed by atoms with Gasteiger partial charge in [-0.05, 0) is 30.7 Å². The van der Waals surface area contributed by atoms with Gasteiger partial charge in [0, 0.05) is 5.56 Å². The number of carbonyl (C=O) groups excluding carboxylic acids is 2. The van der Waals surface area contributed by atoms with Crippen molar-refractivity contribution in [2.24, 2.45) is 0 Å². The van der Waals surface area contributed by atoms with E-state index in [9.17, 15) is 9.59 Å². The minimum absolute atomic E-state index is 0.173. The molecular weight excluding hydrogens is 322 g/mol. The van der Waals surface area contributed by atoms with E-state index in [1.165, 1.54) is 14.2 Å². The van der Waals surface area contributed by atoms with Crippen molar-refractivity contribution in [2.45, 2.75) is 13.5 Å². The van der Waals surface area contributed by atoms with Gasteiger partial charge in [-0.2, -0.15) is 0 Å². The first kappa shape index (κ1) is 18.3. The molecule has 2 aromatic carbocycles. The maximum absolute atomic E-state index is 12.1. The van der Waals surface area contributed by atoms with Crippen LogP contribution >= 0.6 is 0 Å². The largest absolute Gasteiger partial charge is 0.493 e. The molecule has 0 fully saturated rings. The van der Waals surface area contributed by atoms with Crippen molar-refractivity contribution in [3.05, 3.63) is 59.2 Å². The number of nitrogens with one attached hydrogen (secondary N) is 1. The average molecular weight is 343 g/mol. The Morgan fingerprint density at radius 3 is 2.44 bits per heavy atom. The molecule has 0 bridgehead atoms. The van der Waals surface area contributed by atoms with E-state index in [1.54, 1.807) is 18.2 Å². The third kappa shape index (κ3) is 5.24. The first-order valence-electron chi connectivity index (χ1n) is 7.75. The van der Waals surface area contributed by atoms with E-state index in [0.717, 1.165) is 11.1 Å². The van der Waals surface area contributed by atoms with Crippen LogP contribution in [0.4, 0.5) is 0 Å². The molecule has 0 unspecified atom stereocenters. The summed E-state index contributed by atoms with van der Waals surface area (Å²) in [6.45, 7) is 1.93. The lowest BCUT2D eigenvalue weighted by atomic mass is 10.1. The standard InChI is InChI=1S/C19H21NO5/c1-13-5-4-6-14(9-13)12-25-18(21)11-20-19(22)15-7-8-16(23-2)17(10-15)24-3/h4-10H,11-12H2,1-3H3,(H,20,22). The van der Waals surface area contributed by atoms with Gasteiger partial charge in [0.15, 0.2) is 11.5 Å². The second-order valence-corrected chi connectivity index (χ2v) is 5.40. The average Bonchev–Trinajstić information content (AvgIpc) is 2.63. The zero-order valence-electron chi connectivity index (χ0n) is 14.5. The number of hydrogen-bond donors (Lipinski definition) is 1. The van der Waals surface area contributed by atoms with Gasteiger partial charge in [-0.25, -0.2) is 0 Å². The molecular formula is C19H21NO5. The lowest BCUT2D eigenvalue weighted by molar-refractivity contribution is -0.143. The number of carbonyl (C=O) groups is 2. The third-order valence-corrected chi connectivity index (χ3v) is 3.52. The number of aryl methyl sites for hydroxylation is 1. The molecule has 0 spiro atoms. The lowest BCUT2D eigenvalue weighted by Crippen LogP contribution is -2.30. The molecule has 132 valence electrons. The fraction of sp³-hybridized carbons (Fsp3) is 0.263. The highest BCUT2D eigenvalue weighted by atomic mass is 16.5. The highest BCUT2D eigenvalue weighted by Crippen LogP contribution is 2.27. The number of ether oxygens (including phenoxy) is 3. The Balaban J connectivity index is 1.85. The molecule has 6 heteroatoms. The number of hydrogen-bond acceptors (Lipinski definition) is 5. The van der Waals surface area contributed by atoms with E-state index in [4.69, 9.17) is 14.2 Å². The normalized spacial score (nSPS) is 10.0. The van der Waals surface area contributed by atoms with E-state index < -0.39 is 11.9 Å². The summed E-state index contributed by atoms with van der Waals surface area (Å²) >= 11 is 0. The Hall–Kier alpha value is -3.02. The molecule has 0 aliphatic carbocycles. The summed E-state index contributed by atoms with van der Waals surface area (Å²) in [5.74, 6) is 0.0672. The molecule has 2 rings (SSSR count). The van der Waals surface area contributed by atoms with Gasteiger partial charge in [0.05, 0.1) is 14.2 Å². The van der Waals surface area contributed by atoms with E-state index in [2.05, 4.69) is 5.32 Å². The fourth-order valence-electron chi connectivity index (χ4n) is 2.25. The van der Waals surface area contributed by atoms with Crippen LogP contribution < -0.4 is 14.8 Å². The number of rotatable bonds is 7. The molecule has 25 heavy (non-hydrogen) atoms. The molecule has 2 aromatic rings. The van der Waals surface area contributed by atoms with Gasteiger partial charge in [0.1, 0.15) is 13.2 Å². The molecule has 0 saturated heterocycles. The highest BCUT2D eigenvalue weighted by molar-refractivity contribution is 5.96. The first-order chi connectivity index (χ1) is 12.0. The van der Waals surface area contributed by atoms with E-state index in [0.29, 0.717) is 17.1 Å². The molecule has 6 nitrogen and oxygen atoms in total. The van der Waals surface area contributed by atoms with Crippen LogP contribution in [0.5, 0.6) is 11.5 Å². The summed E-state index contributed by atoms with van der Waals surface area (Å²) in [7, 11) is 3.00. The summed E-state index contributed by atoms with van der Waals surface area (Å²) in [5, 5.41) is 2.53. The quantitative estimate of drug-likeness (QED) is 0.782. The topological polar surface area (TPSA) is 73.9 Å². The number of amides is 1. The summed E-state index contributed by atoms with van der Waals surface area (Å²) < 4.78 is 15.4. The van der Waals surface area contributed by atoms with Crippen LogP contribution in [0.25, 0.3) is 0 Å². The molecule has 1 amide bonds. The third-order valence-electron chi connectivity index (χ3n) is 3.52. The van der Waals surface area contributed by atoms with E-state index in [1.807, 2.05) is 31.2 Å². The minimum Gasteiger partial charge on any atom is -0.493 e. The van der Waals surface area contributed by atoms with Crippen molar-refractivity contribution in [3.63, 3.8) is 0 Å². The van der Waals surface area contributed by atoms with Gasteiger partial charge in [-0.15, -0.1) is 0 Å². The molecule has 0 aromatic heterocycles. The molecule has 0 aliphatic heterocycles. The molecule has 0 heterocycles. The van der Waals surface area contributed by atoms with Crippen molar-refractivity contribution in [3.8, 4) is 11.5 Å². The molecule has 0 atom stereocenters. The number of methoxy groups -OCH3 is 2. The SMILES string of the molecule is COc1ccc(C(=O)NCC(=O)OCc2cccc(C)c2)cc1OC. The van der Waals surface area contributed by atoms with E-state index >= 15 is 0 Å². The lowest BCUT2D eigenvalue weighted by Gasteiger charge is -2.10. The van der Waals surface area contributed by atoms with Crippen LogP contribution in [0.1, 0.15) is 21.5 Å². The molecule has 0 saturated carbocycles. The van der Waals surface area contributed by atoms with Crippen LogP contribution in [0.3, 0.4) is 0 Å². The van der Waals surface area contributed by atoms with Crippen LogP contribution in [0.15, 0.2) is 42.5 Å². The Kier molecular flexibility index (Phi) is 6.39. The smallest absolute Gasteiger partial charge is 0.325 e. The van der Waals surface area contributed by atoms with E-state index in [-0.39, 0.29) is 13.2 Å². The van der Waals surface area contributed by atoms with Crippen molar-refractivity contribution in [2.75, 3.05) is 20.8 Å². The van der Waals surface area contributed by atoms with Gasteiger partial charge < -0.3 is 19.5 Å². The van der Waals surface area contributed by atoms with Crippen molar-refractivity contribution in [1.29, 1.82) is 0 Å². The molecule has 0 aliphatic rings. The first-order valence-corrected chi connectivity index (χ1v) is 7.75. The van der Waals surface area contributed by atoms with Crippen molar-refractivity contribution in [1.82, 2.24) is 5.32 Å². The number of esters is 1. The van der Waals surface area contributed by atoms with Crippen LogP contribution in [0, 0.1) is 6.92 Å². The maximum atomic E-state index is 12.1. The van der Waals surface area contributed by atoms with Gasteiger partial charge in [-0.1, -0.05) is 29.8 Å². The second kappa shape index (κ2) is 8.73. The summed E-state index contributed by atoms with van der Waals surface area (Å²) in [4.78, 5) is 23.9. The Morgan fingerprint density at radius 2 is 1.76 bits per heavy atom. The van der Waals surface area contributed by atoms with Gasteiger partial charge >= 0.3 is 5.97 Å². The van der Waals surface area contributed by atoms with Crippen LogP contribution in [-0.2, 0) is 16.1 Å².